The first-order chi connectivity index (χ1) is 6.59. The van der Waals surface area contributed by atoms with Crippen molar-refractivity contribution in [3.63, 3.8) is 0 Å². The van der Waals surface area contributed by atoms with Gasteiger partial charge in [0.25, 0.3) is 0 Å². The molecule has 1 fully saturated rings. The molecule has 0 bridgehead atoms. The highest BCUT2D eigenvalue weighted by Crippen LogP contribution is 2.38. The van der Waals surface area contributed by atoms with E-state index in [-0.39, 0.29) is 5.16 Å². The third-order valence-corrected chi connectivity index (χ3v) is 3.56. The summed E-state index contributed by atoms with van der Waals surface area (Å²) in [5.74, 6) is 0.757. The van der Waals surface area contributed by atoms with Gasteiger partial charge in [-0.25, -0.2) is 0 Å². The van der Waals surface area contributed by atoms with E-state index in [9.17, 15) is 0 Å². The summed E-state index contributed by atoms with van der Waals surface area (Å²) in [5.41, 5.74) is 0. The fourth-order valence-corrected chi connectivity index (χ4v) is 1.49. The minimum Gasteiger partial charge on any atom is -0.385 e. The van der Waals surface area contributed by atoms with Crippen molar-refractivity contribution < 1.29 is 9.47 Å². The minimum atomic E-state index is 0.258. The van der Waals surface area contributed by atoms with Gasteiger partial charge in [0.15, 0.2) is 0 Å². The lowest BCUT2D eigenvalue weighted by molar-refractivity contribution is 0.0851. The summed E-state index contributed by atoms with van der Waals surface area (Å²) in [7, 11) is 4.64. The summed E-state index contributed by atoms with van der Waals surface area (Å²) in [6.07, 6.45) is 4.04. The van der Waals surface area contributed by atoms with Crippen molar-refractivity contribution >= 4 is 9.24 Å². The van der Waals surface area contributed by atoms with Gasteiger partial charge < -0.3 is 9.47 Å². The SMILES string of the molecule is CCC(C)(P)COC1CC1CCOC. The average Bonchev–Trinajstić information content (AvgIpc) is 2.91. The van der Waals surface area contributed by atoms with E-state index in [2.05, 4.69) is 23.1 Å². The zero-order valence-corrected chi connectivity index (χ0v) is 10.7. The van der Waals surface area contributed by atoms with Gasteiger partial charge in [0.05, 0.1) is 12.7 Å². The third kappa shape index (κ3) is 4.25. The fourth-order valence-electron chi connectivity index (χ4n) is 1.40. The highest BCUT2D eigenvalue weighted by Gasteiger charge is 2.38. The average molecular weight is 218 g/mol. The molecule has 0 heterocycles. The first-order valence-electron chi connectivity index (χ1n) is 5.48. The van der Waals surface area contributed by atoms with Crippen molar-refractivity contribution in [3.05, 3.63) is 0 Å². The van der Waals surface area contributed by atoms with Crippen molar-refractivity contribution in [1.29, 1.82) is 0 Å². The molecule has 0 amide bonds. The monoisotopic (exact) mass is 218 g/mol. The van der Waals surface area contributed by atoms with E-state index in [1.807, 2.05) is 0 Å². The lowest BCUT2D eigenvalue weighted by Gasteiger charge is -2.22. The largest absolute Gasteiger partial charge is 0.385 e. The second-order valence-corrected chi connectivity index (χ2v) is 6.03. The molecule has 0 aromatic rings. The molecule has 0 spiro atoms. The Morgan fingerprint density at radius 2 is 2.21 bits per heavy atom. The Balaban J connectivity index is 2.05. The van der Waals surface area contributed by atoms with Gasteiger partial charge in [0.2, 0.25) is 0 Å². The quantitative estimate of drug-likeness (QED) is 0.611. The molecule has 0 aliphatic heterocycles. The van der Waals surface area contributed by atoms with Crippen LogP contribution < -0.4 is 0 Å². The summed E-state index contributed by atoms with van der Waals surface area (Å²) < 4.78 is 10.9. The van der Waals surface area contributed by atoms with Crippen LogP contribution in [0.2, 0.25) is 0 Å². The Kier molecular flexibility index (Phi) is 4.82. The molecule has 1 saturated carbocycles. The summed E-state index contributed by atoms with van der Waals surface area (Å²) in [5, 5.41) is 0.258. The molecule has 1 rings (SSSR count). The van der Waals surface area contributed by atoms with Crippen molar-refractivity contribution in [1.82, 2.24) is 0 Å². The molecule has 0 N–H and O–H groups in total. The maximum Gasteiger partial charge on any atom is 0.0609 e. The van der Waals surface area contributed by atoms with E-state index in [0.29, 0.717) is 6.10 Å². The second kappa shape index (κ2) is 5.44. The molecule has 14 heavy (non-hydrogen) atoms. The Morgan fingerprint density at radius 1 is 1.50 bits per heavy atom. The van der Waals surface area contributed by atoms with Crippen LogP contribution >= 0.6 is 9.24 Å². The summed E-state index contributed by atoms with van der Waals surface area (Å²) in [4.78, 5) is 0. The molecule has 84 valence electrons. The number of methoxy groups -OCH3 is 1. The first-order valence-corrected chi connectivity index (χ1v) is 6.06. The number of rotatable bonds is 7. The van der Waals surface area contributed by atoms with Crippen molar-refractivity contribution in [2.45, 2.75) is 44.4 Å². The van der Waals surface area contributed by atoms with Crippen LogP contribution in [0.15, 0.2) is 0 Å². The van der Waals surface area contributed by atoms with E-state index in [1.54, 1.807) is 7.11 Å². The predicted molar refractivity (Wildman–Crippen MR) is 62.7 cm³/mol. The van der Waals surface area contributed by atoms with Gasteiger partial charge in [-0.15, -0.1) is 9.24 Å². The van der Waals surface area contributed by atoms with E-state index in [1.165, 1.54) is 6.42 Å². The maximum absolute atomic E-state index is 5.84. The fraction of sp³-hybridized carbons (Fsp3) is 1.00. The first kappa shape index (κ1) is 12.4. The van der Waals surface area contributed by atoms with Gasteiger partial charge in [0, 0.05) is 18.9 Å². The van der Waals surface area contributed by atoms with Gasteiger partial charge in [-0.3, -0.25) is 0 Å². The third-order valence-electron chi connectivity index (χ3n) is 2.99. The Hall–Kier alpha value is 0.350. The molecule has 3 heteroatoms. The number of ether oxygens (including phenoxy) is 2. The molecule has 0 radical (unpaired) electrons. The normalized spacial score (nSPS) is 30.0. The molecule has 0 saturated heterocycles. The lowest BCUT2D eigenvalue weighted by atomic mass is 10.1. The van der Waals surface area contributed by atoms with Gasteiger partial charge in [0.1, 0.15) is 0 Å². The topological polar surface area (TPSA) is 18.5 Å². The van der Waals surface area contributed by atoms with Gasteiger partial charge in [-0.2, -0.15) is 0 Å². The molecule has 0 aromatic carbocycles. The van der Waals surface area contributed by atoms with E-state index in [4.69, 9.17) is 9.47 Å². The smallest absolute Gasteiger partial charge is 0.0609 e. The highest BCUT2D eigenvalue weighted by atomic mass is 31.0. The summed E-state index contributed by atoms with van der Waals surface area (Å²) >= 11 is 0. The van der Waals surface area contributed by atoms with E-state index >= 15 is 0 Å². The minimum absolute atomic E-state index is 0.258. The molecule has 1 aliphatic carbocycles. The van der Waals surface area contributed by atoms with Crippen LogP contribution in [0, 0.1) is 5.92 Å². The lowest BCUT2D eigenvalue weighted by Crippen LogP contribution is -2.23. The Morgan fingerprint density at radius 3 is 2.79 bits per heavy atom. The predicted octanol–water partition coefficient (Wildman–Crippen LogP) is 2.47. The van der Waals surface area contributed by atoms with Crippen LogP contribution in [-0.2, 0) is 9.47 Å². The Labute approximate surface area is 89.9 Å². The standard InChI is InChI=1S/C11H23O2P/c1-4-11(2,14)8-13-10-7-9(10)5-6-12-3/h9-10H,4-8,14H2,1-3H3. The maximum atomic E-state index is 5.84. The molecule has 4 unspecified atom stereocenters. The van der Waals surface area contributed by atoms with Gasteiger partial charge >= 0.3 is 0 Å². The zero-order chi connectivity index (χ0) is 10.6. The molecule has 1 aliphatic rings. The van der Waals surface area contributed by atoms with Crippen LogP contribution in [0.3, 0.4) is 0 Å². The van der Waals surface area contributed by atoms with Crippen molar-refractivity contribution in [2.24, 2.45) is 5.92 Å². The van der Waals surface area contributed by atoms with E-state index in [0.717, 1.165) is 32.0 Å². The summed E-state index contributed by atoms with van der Waals surface area (Å²) in [6.45, 7) is 6.16. The molecular weight excluding hydrogens is 195 g/mol. The molecule has 2 nitrogen and oxygen atoms in total. The van der Waals surface area contributed by atoms with Crippen LogP contribution in [0.25, 0.3) is 0 Å². The number of hydrogen-bond acceptors (Lipinski definition) is 2. The highest BCUT2D eigenvalue weighted by molar-refractivity contribution is 7.18. The van der Waals surface area contributed by atoms with E-state index < -0.39 is 0 Å². The molecular formula is C11H23O2P. The van der Waals surface area contributed by atoms with Gasteiger partial charge in [-0.05, 0) is 25.2 Å². The van der Waals surface area contributed by atoms with Crippen molar-refractivity contribution in [2.75, 3.05) is 20.3 Å². The van der Waals surface area contributed by atoms with Crippen LogP contribution in [-0.4, -0.2) is 31.6 Å². The molecule has 4 atom stereocenters. The Bertz CT molecular complexity index is 171. The summed E-state index contributed by atoms with van der Waals surface area (Å²) in [6, 6.07) is 0. The molecule has 0 aromatic heterocycles. The second-order valence-electron chi connectivity index (χ2n) is 4.63. The van der Waals surface area contributed by atoms with Crippen LogP contribution in [0.4, 0.5) is 0 Å². The van der Waals surface area contributed by atoms with Crippen LogP contribution in [0.1, 0.15) is 33.1 Å². The number of hydrogen-bond donors (Lipinski definition) is 0. The zero-order valence-electron chi connectivity index (χ0n) is 9.58. The van der Waals surface area contributed by atoms with Gasteiger partial charge in [-0.1, -0.05) is 13.8 Å². The van der Waals surface area contributed by atoms with Crippen LogP contribution in [0.5, 0.6) is 0 Å². The van der Waals surface area contributed by atoms with Crippen molar-refractivity contribution in [3.8, 4) is 0 Å².